The Labute approximate surface area is 113 Å². The van der Waals surface area contributed by atoms with Crippen molar-refractivity contribution in [3.8, 4) is 0 Å². The van der Waals surface area contributed by atoms with Crippen molar-refractivity contribution in [2.24, 2.45) is 11.7 Å². The number of sulfonamides is 1. The predicted molar refractivity (Wildman–Crippen MR) is 71.4 cm³/mol. The molecule has 0 amide bonds. The molecule has 0 aromatic heterocycles. The van der Waals surface area contributed by atoms with Gasteiger partial charge in [-0.2, -0.15) is 4.31 Å². The Hall–Kier alpha value is -0.980. The summed E-state index contributed by atoms with van der Waals surface area (Å²) in [6.45, 7) is 4.43. The molecule has 19 heavy (non-hydrogen) atoms. The molecule has 0 bridgehead atoms. The molecule has 1 heterocycles. The number of hydrogen-bond donors (Lipinski definition) is 1. The maximum atomic E-state index is 13.4. The second kappa shape index (κ2) is 5.19. The van der Waals surface area contributed by atoms with Gasteiger partial charge < -0.3 is 5.73 Å². The van der Waals surface area contributed by atoms with E-state index in [1.165, 1.54) is 22.5 Å². The van der Waals surface area contributed by atoms with E-state index in [-0.39, 0.29) is 23.0 Å². The summed E-state index contributed by atoms with van der Waals surface area (Å²) in [4.78, 5) is 0.121. The number of nitrogens with zero attached hydrogens (tertiary/aromatic N) is 1. The van der Waals surface area contributed by atoms with Gasteiger partial charge in [-0.05, 0) is 37.5 Å². The van der Waals surface area contributed by atoms with Crippen molar-refractivity contribution < 1.29 is 12.8 Å². The average Bonchev–Trinajstić information content (AvgIpc) is 2.69. The molecule has 1 aromatic rings. The Balaban J connectivity index is 2.40. The zero-order valence-corrected chi connectivity index (χ0v) is 12.0. The summed E-state index contributed by atoms with van der Waals surface area (Å²) < 4.78 is 39.9. The van der Waals surface area contributed by atoms with Gasteiger partial charge in [0.1, 0.15) is 5.82 Å². The zero-order valence-electron chi connectivity index (χ0n) is 11.1. The highest BCUT2D eigenvalue weighted by Crippen LogP contribution is 2.29. The van der Waals surface area contributed by atoms with Crippen LogP contribution in [0.2, 0.25) is 0 Å². The maximum Gasteiger partial charge on any atom is 0.243 e. The van der Waals surface area contributed by atoms with Gasteiger partial charge in [0.25, 0.3) is 0 Å². The lowest BCUT2D eigenvalue weighted by atomic mass is 10.1. The van der Waals surface area contributed by atoms with Crippen LogP contribution in [0.1, 0.15) is 25.8 Å². The highest BCUT2D eigenvalue weighted by atomic mass is 32.2. The smallest absolute Gasteiger partial charge is 0.243 e. The monoisotopic (exact) mass is 286 g/mol. The quantitative estimate of drug-likeness (QED) is 0.920. The first-order valence-corrected chi connectivity index (χ1v) is 7.80. The summed E-state index contributed by atoms with van der Waals surface area (Å²) in [6, 6.07) is 3.78. The minimum Gasteiger partial charge on any atom is -0.326 e. The molecule has 1 aliphatic rings. The van der Waals surface area contributed by atoms with E-state index in [0.29, 0.717) is 12.5 Å². The van der Waals surface area contributed by atoms with Crippen LogP contribution in [-0.4, -0.2) is 25.3 Å². The van der Waals surface area contributed by atoms with Crippen LogP contribution in [0.4, 0.5) is 4.39 Å². The third-order valence-electron chi connectivity index (χ3n) is 3.57. The van der Waals surface area contributed by atoms with Crippen LogP contribution in [0.25, 0.3) is 0 Å². The molecule has 1 aromatic carbocycles. The van der Waals surface area contributed by atoms with E-state index >= 15 is 0 Å². The van der Waals surface area contributed by atoms with Gasteiger partial charge in [-0.25, -0.2) is 12.8 Å². The van der Waals surface area contributed by atoms with Crippen molar-refractivity contribution in [1.29, 1.82) is 0 Å². The molecule has 106 valence electrons. The minimum atomic E-state index is -3.56. The predicted octanol–water partition coefficient (Wildman–Crippen LogP) is 1.70. The van der Waals surface area contributed by atoms with Crippen molar-refractivity contribution >= 4 is 10.0 Å². The van der Waals surface area contributed by atoms with Crippen molar-refractivity contribution in [3.05, 3.63) is 29.6 Å². The first-order chi connectivity index (χ1) is 8.86. The zero-order chi connectivity index (χ0) is 14.2. The molecule has 2 unspecified atom stereocenters. The first kappa shape index (κ1) is 14.4. The van der Waals surface area contributed by atoms with E-state index in [9.17, 15) is 12.8 Å². The number of rotatable bonds is 3. The van der Waals surface area contributed by atoms with Crippen molar-refractivity contribution in [2.75, 3.05) is 6.54 Å². The Morgan fingerprint density at radius 3 is 2.63 bits per heavy atom. The molecule has 1 aliphatic heterocycles. The Morgan fingerprint density at radius 2 is 2.11 bits per heavy atom. The molecule has 0 spiro atoms. The van der Waals surface area contributed by atoms with Gasteiger partial charge in [0.05, 0.1) is 4.90 Å². The number of hydrogen-bond acceptors (Lipinski definition) is 3. The molecule has 1 fully saturated rings. The Bertz CT molecular complexity index is 574. The minimum absolute atomic E-state index is 0.0127. The maximum absolute atomic E-state index is 13.4. The van der Waals surface area contributed by atoms with Crippen LogP contribution in [0.5, 0.6) is 0 Å². The van der Waals surface area contributed by atoms with Crippen LogP contribution >= 0.6 is 0 Å². The van der Waals surface area contributed by atoms with Crippen molar-refractivity contribution in [3.63, 3.8) is 0 Å². The summed E-state index contributed by atoms with van der Waals surface area (Å²) in [6.07, 6.45) is 0.851. The van der Waals surface area contributed by atoms with E-state index in [1.54, 1.807) is 0 Å². The Kier molecular flexibility index (Phi) is 3.94. The van der Waals surface area contributed by atoms with Gasteiger partial charge in [0, 0.05) is 24.7 Å². The second-order valence-corrected chi connectivity index (χ2v) is 7.11. The summed E-state index contributed by atoms with van der Waals surface area (Å²) in [7, 11) is -3.56. The van der Waals surface area contributed by atoms with E-state index in [4.69, 9.17) is 5.73 Å². The topological polar surface area (TPSA) is 63.4 Å². The average molecular weight is 286 g/mol. The molecule has 6 heteroatoms. The molecular weight excluding hydrogens is 267 g/mol. The highest BCUT2D eigenvalue weighted by molar-refractivity contribution is 7.89. The lowest BCUT2D eigenvalue weighted by Gasteiger charge is -2.21. The lowest BCUT2D eigenvalue weighted by Crippen LogP contribution is -2.34. The standard InChI is InChI=1S/C13H19FN2O2S/c1-9-5-10(2)16(8-9)19(17,18)12-3-4-13(14)11(6-12)7-15/h3-4,6,9-10H,5,7-8,15H2,1-2H3. The summed E-state index contributed by atoms with van der Waals surface area (Å²) >= 11 is 0. The van der Waals surface area contributed by atoms with Gasteiger partial charge in [0.15, 0.2) is 0 Å². The fourth-order valence-electron chi connectivity index (χ4n) is 2.60. The summed E-state index contributed by atoms with van der Waals surface area (Å²) in [5.74, 6) is -0.122. The van der Waals surface area contributed by atoms with Gasteiger partial charge >= 0.3 is 0 Å². The van der Waals surface area contributed by atoms with E-state index in [1.807, 2.05) is 13.8 Å². The molecule has 1 saturated heterocycles. The SMILES string of the molecule is CC1CC(C)N(S(=O)(=O)c2ccc(F)c(CN)c2)C1. The fourth-order valence-corrected chi connectivity index (χ4v) is 4.41. The lowest BCUT2D eigenvalue weighted by molar-refractivity contribution is 0.405. The molecule has 2 atom stereocenters. The molecule has 4 nitrogen and oxygen atoms in total. The van der Waals surface area contributed by atoms with Crippen LogP contribution < -0.4 is 5.73 Å². The van der Waals surface area contributed by atoms with Crippen LogP contribution in [0.15, 0.2) is 23.1 Å². The molecular formula is C13H19FN2O2S. The summed E-state index contributed by atoms with van der Waals surface area (Å²) in [5, 5.41) is 0. The molecule has 0 radical (unpaired) electrons. The van der Waals surface area contributed by atoms with Crippen LogP contribution in [0, 0.1) is 11.7 Å². The molecule has 2 N–H and O–H groups in total. The van der Waals surface area contributed by atoms with E-state index in [0.717, 1.165) is 6.42 Å². The van der Waals surface area contributed by atoms with Crippen LogP contribution in [-0.2, 0) is 16.6 Å². The largest absolute Gasteiger partial charge is 0.326 e. The fraction of sp³-hybridized carbons (Fsp3) is 0.538. The van der Waals surface area contributed by atoms with Crippen molar-refractivity contribution in [2.45, 2.75) is 37.8 Å². The molecule has 0 aliphatic carbocycles. The number of benzene rings is 1. The first-order valence-electron chi connectivity index (χ1n) is 6.36. The number of halogens is 1. The molecule has 0 saturated carbocycles. The highest BCUT2D eigenvalue weighted by Gasteiger charge is 2.36. The van der Waals surface area contributed by atoms with Gasteiger partial charge in [0.2, 0.25) is 10.0 Å². The van der Waals surface area contributed by atoms with Gasteiger partial charge in [-0.3, -0.25) is 0 Å². The van der Waals surface area contributed by atoms with E-state index < -0.39 is 15.8 Å². The Morgan fingerprint density at radius 1 is 1.42 bits per heavy atom. The van der Waals surface area contributed by atoms with Crippen LogP contribution in [0.3, 0.4) is 0 Å². The number of nitrogens with two attached hydrogens (primary N) is 1. The van der Waals surface area contributed by atoms with Crippen molar-refractivity contribution in [1.82, 2.24) is 4.31 Å². The van der Waals surface area contributed by atoms with E-state index in [2.05, 4.69) is 0 Å². The normalized spacial score (nSPS) is 24.8. The van der Waals surface area contributed by atoms with Gasteiger partial charge in [-0.1, -0.05) is 6.92 Å². The third kappa shape index (κ3) is 2.66. The summed E-state index contributed by atoms with van der Waals surface area (Å²) in [5.41, 5.74) is 5.64. The molecule has 2 rings (SSSR count). The third-order valence-corrected chi connectivity index (χ3v) is 5.55. The van der Waals surface area contributed by atoms with Gasteiger partial charge in [-0.15, -0.1) is 0 Å². The second-order valence-electron chi connectivity index (χ2n) is 5.22.